The molecular formula is C22H32N4O2. The first-order valence-electron chi connectivity index (χ1n) is 9.81. The highest BCUT2D eigenvalue weighted by Crippen LogP contribution is 2.11. The minimum absolute atomic E-state index is 0.505. The Kier molecular flexibility index (Phi) is 9.86. The summed E-state index contributed by atoms with van der Waals surface area (Å²) in [7, 11) is 1.76. The summed E-state index contributed by atoms with van der Waals surface area (Å²) < 4.78 is 11.4. The first kappa shape index (κ1) is 21.7. The predicted octanol–water partition coefficient (Wildman–Crippen LogP) is 3.39. The van der Waals surface area contributed by atoms with E-state index in [-0.39, 0.29) is 0 Å². The van der Waals surface area contributed by atoms with Crippen molar-refractivity contribution in [2.75, 3.05) is 26.8 Å². The van der Waals surface area contributed by atoms with Crippen LogP contribution in [0.5, 0.6) is 5.88 Å². The Morgan fingerprint density at radius 1 is 1.07 bits per heavy atom. The average molecular weight is 385 g/mol. The fourth-order valence-electron chi connectivity index (χ4n) is 2.44. The van der Waals surface area contributed by atoms with E-state index in [4.69, 9.17) is 9.47 Å². The van der Waals surface area contributed by atoms with Gasteiger partial charge in [0, 0.05) is 39.0 Å². The van der Waals surface area contributed by atoms with Crippen LogP contribution in [0, 0.1) is 5.92 Å². The largest absolute Gasteiger partial charge is 0.473 e. The van der Waals surface area contributed by atoms with Crippen molar-refractivity contribution in [3.63, 3.8) is 0 Å². The first-order valence-corrected chi connectivity index (χ1v) is 9.81. The molecule has 0 spiro atoms. The van der Waals surface area contributed by atoms with E-state index < -0.39 is 0 Å². The maximum absolute atomic E-state index is 5.78. The molecule has 0 bridgehead atoms. The van der Waals surface area contributed by atoms with Crippen molar-refractivity contribution < 1.29 is 9.47 Å². The van der Waals surface area contributed by atoms with Crippen LogP contribution in [0.3, 0.4) is 0 Å². The molecule has 0 aliphatic carbocycles. The van der Waals surface area contributed by atoms with E-state index in [2.05, 4.69) is 34.5 Å². The van der Waals surface area contributed by atoms with Crippen molar-refractivity contribution in [3.05, 3.63) is 59.8 Å². The zero-order valence-electron chi connectivity index (χ0n) is 17.1. The molecule has 0 saturated heterocycles. The van der Waals surface area contributed by atoms with Crippen LogP contribution in [-0.2, 0) is 17.9 Å². The Hall–Kier alpha value is -2.60. The van der Waals surface area contributed by atoms with Crippen LogP contribution in [0.25, 0.3) is 0 Å². The predicted molar refractivity (Wildman–Crippen MR) is 113 cm³/mol. The van der Waals surface area contributed by atoms with Gasteiger partial charge in [0.2, 0.25) is 5.88 Å². The summed E-state index contributed by atoms with van der Waals surface area (Å²) in [6.45, 7) is 7.73. The highest BCUT2D eigenvalue weighted by Gasteiger charge is 2.02. The molecule has 0 fully saturated rings. The molecular weight excluding hydrogens is 352 g/mol. The first-order chi connectivity index (χ1) is 13.7. The maximum Gasteiger partial charge on any atom is 0.213 e. The van der Waals surface area contributed by atoms with E-state index in [0.29, 0.717) is 31.6 Å². The molecule has 0 atom stereocenters. The van der Waals surface area contributed by atoms with Crippen LogP contribution in [0.4, 0.5) is 0 Å². The highest BCUT2D eigenvalue weighted by molar-refractivity contribution is 5.79. The number of ether oxygens (including phenoxy) is 2. The third-order valence-corrected chi connectivity index (χ3v) is 4.09. The Morgan fingerprint density at radius 3 is 2.64 bits per heavy atom. The number of hydrogen-bond acceptors (Lipinski definition) is 4. The van der Waals surface area contributed by atoms with Crippen molar-refractivity contribution in [1.29, 1.82) is 0 Å². The van der Waals surface area contributed by atoms with E-state index in [0.717, 1.165) is 36.7 Å². The molecule has 28 heavy (non-hydrogen) atoms. The Balaban J connectivity index is 1.70. The van der Waals surface area contributed by atoms with Gasteiger partial charge in [0.15, 0.2) is 5.96 Å². The lowest BCUT2D eigenvalue weighted by Gasteiger charge is -2.13. The molecule has 0 aliphatic heterocycles. The molecule has 2 N–H and O–H groups in total. The van der Waals surface area contributed by atoms with Gasteiger partial charge in [-0.05, 0) is 29.5 Å². The van der Waals surface area contributed by atoms with Gasteiger partial charge in [0.25, 0.3) is 0 Å². The summed E-state index contributed by atoms with van der Waals surface area (Å²) >= 11 is 0. The number of rotatable bonds is 11. The zero-order chi connectivity index (χ0) is 20.0. The third-order valence-electron chi connectivity index (χ3n) is 4.09. The van der Waals surface area contributed by atoms with Gasteiger partial charge >= 0.3 is 0 Å². The number of benzene rings is 1. The van der Waals surface area contributed by atoms with Crippen LogP contribution in [0.1, 0.15) is 31.4 Å². The number of hydrogen-bond donors (Lipinski definition) is 2. The minimum Gasteiger partial charge on any atom is -0.473 e. The second-order valence-corrected chi connectivity index (χ2v) is 6.92. The van der Waals surface area contributed by atoms with Gasteiger partial charge in [-0.1, -0.05) is 44.2 Å². The molecule has 1 aromatic heterocycles. The summed E-state index contributed by atoms with van der Waals surface area (Å²) in [5, 5.41) is 6.55. The normalized spacial score (nSPS) is 11.5. The third kappa shape index (κ3) is 8.86. The molecule has 0 aliphatic rings. The van der Waals surface area contributed by atoms with Gasteiger partial charge < -0.3 is 20.1 Å². The summed E-state index contributed by atoms with van der Waals surface area (Å²) in [5.74, 6) is 2.03. The molecule has 0 amide bonds. The molecule has 1 heterocycles. The van der Waals surface area contributed by atoms with Crippen LogP contribution < -0.4 is 15.4 Å². The topological polar surface area (TPSA) is 67.8 Å². The molecule has 0 saturated carbocycles. The average Bonchev–Trinajstić information content (AvgIpc) is 2.72. The molecule has 2 rings (SSSR count). The van der Waals surface area contributed by atoms with Crippen molar-refractivity contribution in [3.8, 4) is 5.88 Å². The number of nitrogens with zero attached hydrogens (tertiary/aromatic N) is 2. The lowest BCUT2D eigenvalue weighted by Crippen LogP contribution is -2.38. The van der Waals surface area contributed by atoms with Crippen molar-refractivity contribution in [2.45, 2.75) is 33.4 Å². The standard InChI is InChI=1S/C22H32N4O2/c1-18(2)10-13-27-14-12-25-22(23-3)26-16-20-9-11-24-21(15-20)28-17-19-7-5-4-6-8-19/h4-9,11,15,18H,10,12-14,16-17H2,1-3H3,(H2,23,25,26). The Labute approximate surface area is 168 Å². The van der Waals surface area contributed by atoms with Gasteiger partial charge in [-0.25, -0.2) is 4.98 Å². The smallest absolute Gasteiger partial charge is 0.213 e. The van der Waals surface area contributed by atoms with E-state index in [1.807, 2.05) is 42.5 Å². The summed E-state index contributed by atoms with van der Waals surface area (Å²) in [5.41, 5.74) is 2.20. The van der Waals surface area contributed by atoms with Gasteiger partial charge in [-0.3, -0.25) is 4.99 Å². The molecule has 6 heteroatoms. The fraction of sp³-hybridized carbons (Fsp3) is 0.455. The monoisotopic (exact) mass is 384 g/mol. The molecule has 152 valence electrons. The van der Waals surface area contributed by atoms with Crippen molar-refractivity contribution >= 4 is 5.96 Å². The Morgan fingerprint density at radius 2 is 1.89 bits per heavy atom. The highest BCUT2D eigenvalue weighted by atomic mass is 16.5. The molecule has 2 aromatic rings. The lowest BCUT2D eigenvalue weighted by molar-refractivity contribution is 0.128. The SMILES string of the molecule is CN=C(NCCOCCC(C)C)NCc1ccnc(OCc2ccccc2)c1. The summed E-state index contributed by atoms with van der Waals surface area (Å²) in [6.07, 6.45) is 2.85. The van der Waals surface area contributed by atoms with Crippen molar-refractivity contribution in [1.82, 2.24) is 15.6 Å². The number of pyridine rings is 1. The second-order valence-electron chi connectivity index (χ2n) is 6.92. The number of guanidine groups is 1. The van der Waals surface area contributed by atoms with Gasteiger partial charge in [0.1, 0.15) is 6.61 Å². The van der Waals surface area contributed by atoms with Crippen LogP contribution >= 0.6 is 0 Å². The van der Waals surface area contributed by atoms with Gasteiger partial charge in [-0.15, -0.1) is 0 Å². The molecule has 1 aromatic carbocycles. The van der Waals surface area contributed by atoms with E-state index in [1.165, 1.54) is 0 Å². The molecule has 6 nitrogen and oxygen atoms in total. The number of aliphatic imine (C=N–C) groups is 1. The number of nitrogens with one attached hydrogen (secondary N) is 2. The number of aromatic nitrogens is 1. The maximum atomic E-state index is 5.78. The Bertz CT molecular complexity index is 705. The summed E-state index contributed by atoms with van der Waals surface area (Å²) in [4.78, 5) is 8.52. The lowest BCUT2D eigenvalue weighted by atomic mass is 10.1. The van der Waals surface area contributed by atoms with Crippen LogP contribution in [0.2, 0.25) is 0 Å². The summed E-state index contributed by atoms with van der Waals surface area (Å²) in [6, 6.07) is 14.0. The van der Waals surface area contributed by atoms with E-state index in [9.17, 15) is 0 Å². The minimum atomic E-state index is 0.505. The quantitative estimate of drug-likeness (QED) is 0.353. The van der Waals surface area contributed by atoms with Crippen LogP contribution in [0.15, 0.2) is 53.7 Å². The second kappa shape index (κ2) is 12.7. The zero-order valence-corrected chi connectivity index (χ0v) is 17.1. The van der Waals surface area contributed by atoms with Gasteiger partial charge in [-0.2, -0.15) is 0 Å². The fourth-order valence-corrected chi connectivity index (χ4v) is 2.44. The van der Waals surface area contributed by atoms with Gasteiger partial charge in [0.05, 0.1) is 6.61 Å². The van der Waals surface area contributed by atoms with Crippen molar-refractivity contribution in [2.24, 2.45) is 10.9 Å². The van der Waals surface area contributed by atoms with E-state index in [1.54, 1.807) is 13.2 Å². The van der Waals surface area contributed by atoms with Crippen LogP contribution in [-0.4, -0.2) is 37.7 Å². The van der Waals surface area contributed by atoms with E-state index >= 15 is 0 Å². The molecule has 0 unspecified atom stereocenters. The molecule has 0 radical (unpaired) electrons.